The van der Waals surface area contributed by atoms with Crippen molar-refractivity contribution in [2.75, 3.05) is 18.9 Å². The number of amides is 1. The van der Waals surface area contributed by atoms with Crippen LogP contribution >= 0.6 is 23.8 Å². The molecule has 2 N–H and O–H groups in total. The number of nitro groups is 1. The highest BCUT2D eigenvalue weighted by Crippen LogP contribution is 2.26. The molecular formula is C13H15ClN4O3S. The molecule has 22 heavy (non-hydrogen) atoms. The summed E-state index contributed by atoms with van der Waals surface area (Å²) in [6.07, 6.45) is 2.03. The summed E-state index contributed by atoms with van der Waals surface area (Å²) >= 11 is 11.2. The fraction of sp³-hybridized carbons (Fsp3) is 0.385. The Balaban J connectivity index is 1.96. The fourth-order valence-corrected chi connectivity index (χ4v) is 2.06. The van der Waals surface area contributed by atoms with Gasteiger partial charge in [-0.1, -0.05) is 11.6 Å². The standard InChI is InChI=1S/C13H15ClN4O3S/c1-17(7-12(19)15-8-2-3-8)13(22)16-11-6-9(18(20)21)4-5-10(11)14/h4-6,8H,2-3,7H2,1H3,(H,15,19)(H,16,22). The van der Waals surface area contributed by atoms with Crippen molar-refractivity contribution in [1.29, 1.82) is 0 Å². The van der Waals surface area contributed by atoms with Crippen LogP contribution in [0.15, 0.2) is 18.2 Å². The highest BCUT2D eigenvalue weighted by atomic mass is 35.5. The number of nitro benzene ring substituents is 1. The number of rotatable bonds is 5. The lowest BCUT2D eigenvalue weighted by Crippen LogP contribution is -2.40. The molecule has 1 aromatic rings. The van der Waals surface area contributed by atoms with Gasteiger partial charge in [0.1, 0.15) is 0 Å². The van der Waals surface area contributed by atoms with Gasteiger partial charge in [-0.25, -0.2) is 0 Å². The molecule has 0 atom stereocenters. The second-order valence-corrected chi connectivity index (χ2v) is 5.84. The number of nitrogens with zero attached hydrogens (tertiary/aromatic N) is 2. The van der Waals surface area contributed by atoms with Crippen LogP contribution in [0.25, 0.3) is 0 Å². The molecule has 0 saturated heterocycles. The lowest BCUT2D eigenvalue weighted by molar-refractivity contribution is -0.384. The summed E-state index contributed by atoms with van der Waals surface area (Å²) in [6.45, 7) is 0.106. The smallest absolute Gasteiger partial charge is 0.271 e. The minimum atomic E-state index is -0.517. The van der Waals surface area contributed by atoms with E-state index in [-0.39, 0.29) is 29.3 Å². The third-order valence-corrected chi connectivity index (χ3v) is 3.82. The van der Waals surface area contributed by atoms with Crippen molar-refractivity contribution in [2.24, 2.45) is 0 Å². The van der Waals surface area contributed by atoms with Crippen LogP contribution in [0, 0.1) is 10.1 Å². The van der Waals surface area contributed by atoms with Crippen LogP contribution in [-0.4, -0.2) is 40.5 Å². The first-order chi connectivity index (χ1) is 10.4. The second-order valence-electron chi connectivity index (χ2n) is 5.05. The van der Waals surface area contributed by atoms with Gasteiger partial charge in [-0.3, -0.25) is 14.9 Å². The monoisotopic (exact) mass is 342 g/mol. The molecule has 2 rings (SSSR count). The molecule has 1 aliphatic rings. The highest BCUT2D eigenvalue weighted by molar-refractivity contribution is 7.80. The molecular weight excluding hydrogens is 328 g/mol. The normalized spacial score (nSPS) is 13.4. The number of non-ortho nitro benzene ring substituents is 1. The molecule has 1 saturated carbocycles. The van der Waals surface area contributed by atoms with Gasteiger partial charge in [0.25, 0.3) is 5.69 Å². The van der Waals surface area contributed by atoms with Crippen molar-refractivity contribution in [3.8, 4) is 0 Å². The number of anilines is 1. The highest BCUT2D eigenvalue weighted by Gasteiger charge is 2.24. The maximum atomic E-state index is 11.7. The van der Waals surface area contributed by atoms with E-state index in [1.165, 1.54) is 18.2 Å². The van der Waals surface area contributed by atoms with Crippen molar-refractivity contribution in [2.45, 2.75) is 18.9 Å². The Morgan fingerprint density at radius 3 is 2.82 bits per heavy atom. The third kappa shape index (κ3) is 4.54. The lowest BCUT2D eigenvalue weighted by atomic mass is 10.3. The summed E-state index contributed by atoms with van der Waals surface area (Å²) in [6, 6.07) is 4.31. The van der Waals surface area contributed by atoms with E-state index in [1.807, 2.05) is 0 Å². The van der Waals surface area contributed by atoms with Crippen LogP contribution in [0.5, 0.6) is 0 Å². The predicted molar refractivity (Wildman–Crippen MR) is 88.1 cm³/mol. The number of halogens is 1. The maximum absolute atomic E-state index is 11.7. The van der Waals surface area contributed by atoms with Gasteiger partial charge in [0.2, 0.25) is 5.91 Å². The van der Waals surface area contributed by atoms with Gasteiger partial charge in [-0.05, 0) is 31.1 Å². The maximum Gasteiger partial charge on any atom is 0.271 e. The Morgan fingerprint density at radius 2 is 2.23 bits per heavy atom. The van der Waals surface area contributed by atoms with E-state index >= 15 is 0 Å². The average molecular weight is 343 g/mol. The summed E-state index contributed by atoms with van der Waals surface area (Å²) < 4.78 is 0. The molecule has 9 heteroatoms. The van der Waals surface area contributed by atoms with Crippen LogP contribution in [-0.2, 0) is 4.79 Å². The molecule has 1 aromatic carbocycles. The zero-order valence-corrected chi connectivity index (χ0v) is 13.4. The number of carbonyl (C=O) groups excluding carboxylic acids is 1. The number of likely N-dealkylation sites (N-methyl/N-ethyl adjacent to an activating group) is 1. The van der Waals surface area contributed by atoms with Gasteiger partial charge in [-0.2, -0.15) is 0 Å². The molecule has 0 spiro atoms. The van der Waals surface area contributed by atoms with E-state index in [4.69, 9.17) is 23.8 Å². The summed E-state index contributed by atoms with van der Waals surface area (Å²) in [7, 11) is 1.66. The van der Waals surface area contributed by atoms with E-state index in [0.29, 0.717) is 10.7 Å². The Morgan fingerprint density at radius 1 is 1.55 bits per heavy atom. The predicted octanol–water partition coefficient (Wildman–Crippen LogP) is 2.16. The number of thiocarbonyl (C=S) groups is 1. The van der Waals surface area contributed by atoms with Gasteiger partial charge >= 0.3 is 0 Å². The quantitative estimate of drug-likeness (QED) is 0.484. The van der Waals surface area contributed by atoms with Crippen molar-refractivity contribution in [1.82, 2.24) is 10.2 Å². The molecule has 0 aliphatic heterocycles. The van der Waals surface area contributed by atoms with E-state index in [0.717, 1.165) is 12.8 Å². The molecule has 1 amide bonds. The van der Waals surface area contributed by atoms with Gasteiger partial charge in [0, 0.05) is 25.2 Å². The first-order valence-electron chi connectivity index (χ1n) is 6.62. The summed E-state index contributed by atoms with van der Waals surface area (Å²) in [4.78, 5) is 23.5. The molecule has 0 aromatic heterocycles. The number of hydrogen-bond donors (Lipinski definition) is 2. The Bertz CT molecular complexity index is 621. The SMILES string of the molecule is CN(CC(=O)NC1CC1)C(=S)Nc1cc([N+](=O)[O-])ccc1Cl. The van der Waals surface area contributed by atoms with Crippen molar-refractivity contribution >= 4 is 46.2 Å². The van der Waals surface area contributed by atoms with E-state index < -0.39 is 4.92 Å². The molecule has 7 nitrogen and oxygen atoms in total. The van der Waals surface area contributed by atoms with Crippen LogP contribution in [0.3, 0.4) is 0 Å². The number of nitrogens with one attached hydrogen (secondary N) is 2. The number of hydrogen-bond acceptors (Lipinski definition) is 4. The molecule has 1 fully saturated rings. The van der Waals surface area contributed by atoms with Crippen molar-refractivity contribution in [3.05, 3.63) is 33.3 Å². The largest absolute Gasteiger partial charge is 0.352 e. The third-order valence-electron chi connectivity index (χ3n) is 3.07. The molecule has 0 radical (unpaired) electrons. The fourth-order valence-electron chi connectivity index (χ4n) is 1.72. The Kier molecular flexibility index (Phi) is 5.15. The Hall–Kier alpha value is -1.93. The van der Waals surface area contributed by atoms with Gasteiger partial charge in [0.15, 0.2) is 5.11 Å². The van der Waals surface area contributed by atoms with Crippen molar-refractivity contribution in [3.63, 3.8) is 0 Å². The summed E-state index contributed by atoms with van der Waals surface area (Å²) in [5.41, 5.74) is 0.235. The minimum absolute atomic E-state index is 0.0937. The molecule has 0 heterocycles. The van der Waals surface area contributed by atoms with Gasteiger partial charge in [-0.15, -0.1) is 0 Å². The van der Waals surface area contributed by atoms with Gasteiger partial charge in [0.05, 0.1) is 22.2 Å². The van der Waals surface area contributed by atoms with E-state index in [1.54, 1.807) is 11.9 Å². The minimum Gasteiger partial charge on any atom is -0.352 e. The number of carbonyl (C=O) groups is 1. The van der Waals surface area contributed by atoms with Crippen LogP contribution < -0.4 is 10.6 Å². The number of benzene rings is 1. The van der Waals surface area contributed by atoms with E-state index in [9.17, 15) is 14.9 Å². The summed E-state index contributed by atoms with van der Waals surface area (Å²) in [5, 5.41) is 17.0. The van der Waals surface area contributed by atoms with Crippen LogP contribution in [0.1, 0.15) is 12.8 Å². The van der Waals surface area contributed by atoms with Crippen LogP contribution in [0.4, 0.5) is 11.4 Å². The van der Waals surface area contributed by atoms with Gasteiger partial charge < -0.3 is 15.5 Å². The summed E-state index contributed by atoms with van der Waals surface area (Å²) in [5.74, 6) is -0.112. The first kappa shape index (κ1) is 16.4. The molecule has 1 aliphatic carbocycles. The van der Waals surface area contributed by atoms with Crippen LogP contribution in [0.2, 0.25) is 5.02 Å². The first-order valence-corrected chi connectivity index (χ1v) is 7.41. The Labute approximate surface area is 137 Å². The molecule has 0 unspecified atom stereocenters. The lowest BCUT2D eigenvalue weighted by Gasteiger charge is -2.21. The molecule has 0 bridgehead atoms. The topological polar surface area (TPSA) is 87.5 Å². The average Bonchev–Trinajstić information content (AvgIpc) is 3.24. The zero-order valence-electron chi connectivity index (χ0n) is 11.8. The zero-order chi connectivity index (χ0) is 16.3. The van der Waals surface area contributed by atoms with Crippen molar-refractivity contribution < 1.29 is 9.72 Å². The van der Waals surface area contributed by atoms with E-state index in [2.05, 4.69) is 10.6 Å². The second kappa shape index (κ2) is 6.89. The molecule has 118 valence electrons.